The predicted octanol–water partition coefficient (Wildman–Crippen LogP) is 3.34. The van der Waals surface area contributed by atoms with Crippen molar-refractivity contribution >= 4 is 17.5 Å². The summed E-state index contributed by atoms with van der Waals surface area (Å²) >= 11 is 0. The number of nitrogens with one attached hydrogen (secondary N) is 1. The fourth-order valence-corrected chi connectivity index (χ4v) is 3.32. The van der Waals surface area contributed by atoms with Crippen LogP contribution in [0.2, 0.25) is 0 Å². The minimum Gasteiger partial charge on any atom is -0.336 e. The van der Waals surface area contributed by atoms with E-state index < -0.39 is 0 Å². The summed E-state index contributed by atoms with van der Waals surface area (Å²) in [5.74, 6) is 0.0642. The van der Waals surface area contributed by atoms with Gasteiger partial charge in [0, 0.05) is 43.9 Å². The molecule has 5 heteroatoms. The van der Waals surface area contributed by atoms with Crippen molar-refractivity contribution in [3.8, 4) is 0 Å². The quantitative estimate of drug-likeness (QED) is 0.837. The van der Waals surface area contributed by atoms with Crippen molar-refractivity contribution in [2.75, 3.05) is 38.5 Å². The van der Waals surface area contributed by atoms with Gasteiger partial charge in [-0.25, -0.2) is 0 Å². The molecular weight excluding hydrogens is 350 g/mol. The van der Waals surface area contributed by atoms with Crippen molar-refractivity contribution < 1.29 is 9.59 Å². The molecule has 1 saturated heterocycles. The first-order valence-corrected chi connectivity index (χ1v) is 9.94. The Balaban J connectivity index is 1.45. The average molecular weight is 380 g/mol. The summed E-state index contributed by atoms with van der Waals surface area (Å²) < 4.78 is 0. The Morgan fingerprint density at radius 3 is 2.21 bits per heavy atom. The Labute approximate surface area is 167 Å². The zero-order valence-corrected chi connectivity index (χ0v) is 16.8. The number of amides is 2. The molecule has 3 rings (SSSR count). The molecule has 0 unspecified atom stereocenters. The molecule has 0 radical (unpaired) electrons. The van der Waals surface area contributed by atoms with Crippen molar-refractivity contribution in [2.45, 2.75) is 26.2 Å². The van der Waals surface area contributed by atoms with E-state index in [1.54, 1.807) is 24.3 Å². The maximum Gasteiger partial charge on any atom is 0.253 e. The zero-order valence-electron chi connectivity index (χ0n) is 16.8. The van der Waals surface area contributed by atoms with Crippen molar-refractivity contribution in [2.24, 2.45) is 0 Å². The Bertz CT molecular complexity index is 792. The highest BCUT2D eigenvalue weighted by Gasteiger charge is 2.20. The number of hydrogen-bond acceptors (Lipinski definition) is 3. The van der Waals surface area contributed by atoms with E-state index in [-0.39, 0.29) is 11.8 Å². The monoisotopic (exact) mass is 379 g/mol. The Kier molecular flexibility index (Phi) is 6.82. The second-order valence-electron chi connectivity index (χ2n) is 7.56. The Morgan fingerprint density at radius 2 is 1.57 bits per heavy atom. The minimum absolute atomic E-state index is 0.00487. The highest BCUT2D eigenvalue weighted by atomic mass is 16.2. The zero-order chi connectivity index (χ0) is 19.9. The molecule has 1 fully saturated rings. The summed E-state index contributed by atoms with van der Waals surface area (Å²) in [5, 5.41) is 2.92. The van der Waals surface area contributed by atoms with Gasteiger partial charge in [-0.3, -0.25) is 9.59 Å². The average Bonchev–Trinajstić information content (AvgIpc) is 2.70. The largest absolute Gasteiger partial charge is 0.336 e. The number of carbonyl (C=O) groups is 2. The van der Waals surface area contributed by atoms with Crippen molar-refractivity contribution in [1.29, 1.82) is 0 Å². The van der Waals surface area contributed by atoms with Crippen LogP contribution in [0.5, 0.6) is 0 Å². The molecule has 0 aliphatic carbocycles. The van der Waals surface area contributed by atoms with E-state index in [4.69, 9.17) is 0 Å². The molecule has 0 saturated carbocycles. The van der Waals surface area contributed by atoms with Gasteiger partial charge in [-0.15, -0.1) is 0 Å². The molecule has 0 atom stereocenters. The van der Waals surface area contributed by atoms with Crippen LogP contribution in [0.25, 0.3) is 0 Å². The molecule has 5 nitrogen and oxygen atoms in total. The highest BCUT2D eigenvalue weighted by Crippen LogP contribution is 2.14. The number of rotatable bonds is 6. The van der Waals surface area contributed by atoms with E-state index in [1.165, 1.54) is 11.1 Å². The summed E-state index contributed by atoms with van der Waals surface area (Å²) in [5.41, 5.74) is 3.90. The molecule has 2 aromatic rings. The van der Waals surface area contributed by atoms with Crippen LogP contribution in [0, 0.1) is 6.92 Å². The van der Waals surface area contributed by atoms with Gasteiger partial charge in [-0.2, -0.15) is 0 Å². The van der Waals surface area contributed by atoms with E-state index in [9.17, 15) is 9.59 Å². The standard InChI is InChI=1S/C23H29N3O2/c1-18-6-8-19(9-7-18)4-3-5-22(27)24-21-12-10-20(11-13-21)23(28)26-16-14-25(2)15-17-26/h6-13H,3-5,14-17H2,1-2H3,(H,24,27). The molecule has 28 heavy (non-hydrogen) atoms. The number of hydrogen-bond donors (Lipinski definition) is 1. The summed E-state index contributed by atoms with van der Waals surface area (Å²) in [4.78, 5) is 28.8. The van der Waals surface area contributed by atoms with Crippen LogP contribution in [0.4, 0.5) is 5.69 Å². The van der Waals surface area contributed by atoms with Crippen LogP contribution in [0.3, 0.4) is 0 Å². The molecule has 2 aromatic carbocycles. The van der Waals surface area contributed by atoms with Gasteiger partial charge in [0.1, 0.15) is 0 Å². The van der Waals surface area contributed by atoms with Gasteiger partial charge in [0.25, 0.3) is 5.91 Å². The van der Waals surface area contributed by atoms with E-state index in [0.29, 0.717) is 12.0 Å². The fourth-order valence-electron chi connectivity index (χ4n) is 3.32. The van der Waals surface area contributed by atoms with Crippen molar-refractivity contribution in [3.05, 3.63) is 65.2 Å². The number of anilines is 1. The summed E-state index contributed by atoms with van der Waals surface area (Å²) in [6, 6.07) is 15.6. The third-order valence-electron chi connectivity index (χ3n) is 5.20. The normalized spacial score (nSPS) is 14.7. The number of piperazine rings is 1. The molecule has 0 spiro atoms. The maximum absolute atomic E-state index is 12.6. The van der Waals surface area contributed by atoms with Crippen molar-refractivity contribution in [3.63, 3.8) is 0 Å². The second-order valence-corrected chi connectivity index (χ2v) is 7.56. The number of carbonyl (C=O) groups excluding carboxylic acids is 2. The molecular formula is C23H29N3O2. The maximum atomic E-state index is 12.6. The molecule has 1 aliphatic heterocycles. The minimum atomic E-state index is 0.00487. The smallest absolute Gasteiger partial charge is 0.253 e. The van der Waals surface area contributed by atoms with Gasteiger partial charge in [0.2, 0.25) is 5.91 Å². The van der Waals surface area contributed by atoms with Crippen LogP contribution in [-0.2, 0) is 11.2 Å². The lowest BCUT2D eigenvalue weighted by molar-refractivity contribution is -0.116. The first kappa shape index (κ1) is 20.1. The predicted molar refractivity (Wildman–Crippen MR) is 113 cm³/mol. The Morgan fingerprint density at radius 1 is 0.929 bits per heavy atom. The second kappa shape index (κ2) is 9.51. The molecule has 148 valence electrons. The number of likely N-dealkylation sites (N-methyl/N-ethyl adjacent to an activating group) is 1. The molecule has 1 N–H and O–H groups in total. The van der Waals surface area contributed by atoms with E-state index in [2.05, 4.69) is 48.5 Å². The van der Waals surface area contributed by atoms with Crippen LogP contribution in [-0.4, -0.2) is 54.8 Å². The third kappa shape index (κ3) is 5.67. The molecule has 2 amide bonds. The van der Waals surface area contributed by atoms with Gasteiger partial charge in [0.15, 0.2) is 0 Å². The van der Waals surface area contributed by atoms with Crippen molar-refractivity contribution in [1.82, 2.24) is 9.80 Å². The highest BCUT2D eigenvalue weighted by molar-refractivity contribution is 5.95. The van der Waals surface area contributed by atoms with Gasteiger partial charge in [-0.05, 0) is 56.6 Å². The van der Waals surface area contributed by atoms with E-state index >= 15 is 0 Å². The molecule has 0 aromatic heterocycles. The third-order valence-corrected chi connectivity index (χ3v) is 5.20. The molecule has 1 aliphatic rings. The summed E-state index contributed by atoms with van der Waals surface area (Å²) in [6.45, 7) is 5.40. The van der Waals surface area contributed by atoms with Gasteiger partial charge < -0.3 is 15.1 Å². The van der Waals surface area contributed by atoms with Gasteiger partial charge in [0.05, 0.1) is 0 Å². The first-order chi connectivity index (χ1) is 13.5. The Hall–Kier alpha value is -2.66. The number of aryl methyl sites for hydroxylation is 2. The summed E-state index contributed by atoms with van der Waals surface area (Å²) in [7, 11) is 2.07. The number of benzene rings is 2. The van der Waals surface area contributed by atoms with Crippen LogP contribution in [0.1, 0.15) is 34.3 Å². The topological polar surface area (TPSA) is 52.7 Å². The summed E-state index contributed by atoms with van der Waals surface area (Å²) in [6.07, 6.45) is 2.19. The molecule has 1 heterocycles. The van der Waals surface area contributed by atoms with Crippen LogP contribution < -0.4 is 5.32 Å². The lowest BCUT2D eigenvalue weighted by Gasteiger charge is -2.32. The fraction of sp³-hybridized carbons (Fsp3) is 0.391. The van der Waals surface area contributed by atoms with E-state index in [1.807, 2.05) is 4.90 Å². The van der Waals surface area contributed by atoms with Crippen LogP contribution >= 0.6 is 0 Å². The SMILES string of the molecule is Cc1ccc(CCCC(=O)Nc2ccc(C(=O)N3CCN(C)CC3)cc2)cc1. The lowest BCUT2D eigenvalue weighted by atomic mass is 10.1. The number of nitrogens with zero attached hydrogens (tertiary/aromatic N) is 2. The first-order valence-electron chi connectivity index (χ1n) is 9.94. The lowest BCUT2D eigenvalue weighted by Crippen LogP contribution is -2.47. The van der Waals surface area contributed by atoms with Gasteiger partial charge in [-0.1, -0.05) is 29.8 Å². The van der Waals surface area contributed by atoms with Gasteiger partial charge >= 0.3 is 0 Å². The van der Waals surface area contributed by atoms with E-state index in [0.717, 1.165) is 44.7 Å². The molecule has 0 bridgehead atoms. The van der Waals surface area contributed by atoms with Crippen LogP contribution in [0.15, 0.2) is 48.5 Å².